The van der Waals surface area contributed by atoms with Crippen LogP contribution in [0.5, 0.6) is 5.75 Å². The first kappa shape index (κ1) is 30.6. The highest BCUT2D eigenvalue weighted by atomic mass is 79.9. The molecule has 1 aromatic heterocycles. The maximum absolute atomic E-state index is 13.0. The SMILES string of the molecule is COC(=O)COc1c(C(=O)O)sc(-c2cccc(NC3CCN(S(=O)(=O)Cc4cccc(Cl)c4Cl)CC3)c2)c1Br. The molecule has 214 valence electrons. The highest BCUT2D eigenvalue weighted by Crippen LogP contribution is 2.46. The smallest absolute Gasteiger partial charge is 0.349 e. The van der Waals surface area contributed by atoms with Crippen LogP contribution in [0.15, 0.2) is 46.9 Å². The molecule has 0 amide bonds. The summed E-state index contributed by atoms with van der Waals surface area (Å²) in [7, 11) is -2.35. The molecule has 2 N–H and O–H groups in total. The fourth-order valence-electron chi connectivity index (χ4n) is 4.25. The minimum atomic E-state index is -3.57. The number of rotatable bonds is 10. The van der Waals surface area contributed by atoms with Gasteiger partial charge in [0.1, 0.15) is 0 Å². The fourth-order valence-corrected chi connectivity index (χ4v) is 8.19. The Morgan fingerprint density at radius 1 is 1.18 bits per heavy atom. The van der Waals surface area contributed by atoms with Crippen molar-refractivity contribution in [2.24, 2.45) is 0 Å². The number of nitrogens with zero attached hydrogens (tertiary/aromatic N) is 1. The van der Waals surface area contributed by atoms with Gasteiger partial charge in [0.05, 0.1) is 32.3 Å². The van der Waals surface area contributed by atoms with E-state index in [-0.39, 0.29) is 27.4 Å². The molecule has 0 bridgehead atoms. The summed E-state index contributed by atoms with van der Waals surface area (Å²) in [6.45, 7) is 0.294. The summed E-state index contributed by atoms with van der Waals surface area (Å²) >= 11 is 16.7. The molecule has 1 saturated heterocycles. The second-order valence-electron chi connectivity index (χ2n) is 8.94. The van der Waals surface area contributed by atoms with Gasteiger partial charge in [0.25, 0.3) is 0 Å². The number of carboxylic acids is 1. The Labute approximate surface area is 254 Å². The lowest BCUT2D eigenvalue weighted by Crippen LogP contribution is -2.42. The number of ether oxygens (including phenoxy) is 2. The number of nitrogens with one attached hydrogen (secondary N) is 1. The van der Waals surface area contributed by atoms with Crippen LogP contribution in [0.25, 0.3) is 10.4 Å². The number of anilines is 1. The van der Waals surface area contributed by atoms with Gasteiger partial charge in [-0.25, -0.2) is 22.3 Å². The van der Waals surface area contributed by atoms with E-state index in [9.17, 15) is 23.1 Å². The average Bonchev–Trinajstić information content (AvgIpc) is 3.26. The predicted molar refractivity (Wildman–Crippen MR) is 159 cm³/mol. The van der Waals surface area contributed by atoms with Gasteiger partial charge in [0.15, 0.2) is 17.2 Å². The molecule has 3 aromatic rings. The Balaban J connectivity index is 1.43. The van der Waals surface area contributed by atoms with E-state index in [1.54, 1.807) is 18.2 Å². The van der Waals surface area contributed by atoms with Gasteiger partial charge in [-0.15, -0.1) is 11.3 Å². The van der Waals surface area contributed by atoms with E-state index in [0.29, 0.717) is 45.9 Å². The molecule has 1 aliphatic rings. The third kappa shape index (κ3) is 7.10. The van der Waals surface area contributed by atoms with Crippen LogP contribution in [0.1, 0.15) is 28.1 Å². The van der Waals surface area contributed by atoms with Crippen molar-refractivity contribution in [1.82, 2.24) is 4.31 Å². The van der Waals surface area contributed by atoms with Crippen LogP contribution in [0.2, 0.25) is 10.0 Å². The third-order valence-electron chi connectivity index (χ3n) is 6.28. The van der Waals surface area contributed by atoms with Crippen molar-refractivity contribution in [3.8, 4) is 16.2 Å². The van der Waals surface area contributed by atoms with Gasteiger partial charge in [-0.1, -0.05) is 47.5 Å². The maximum atomic E-state index is 13.0. The van der Waals surface area contributed by atoms with E-state index in [1.807, 2.05) is 24.3 Å². The summed E-state index contributed by atoms with van der Waals surface area (Å²) in [4.78, 5) is 23.9. The molecule has 2 aromatic carbocycles. The monoisotopic (exact) mass is 690 g/mol. The first-order valence-electron chi connectivity index (χ1n) is 12.0. The van der Waals surface area contributed by atoms with Gasteiger partial charge >= 0.3 is 11.9 Å². The number of carbonyl (C=O) groups is 2. The number of sulfonamides is 1. The van der Waals surface area contributed by atoms with Crippen molar-refractivity contribution >= 4 is 78.1 Å². The Morgan fingerprint density at radius 2 is 1.88 bits per heavy atom. The summed E-state index contributed by atoms with van der Waals surface area (Å²) in [5.41, 5.74) is 2.02. The Morgan fingerprint density at radius 3 is 2.55 bits per heavy atom. The van der Waals surface area contributed by atoms with Crippen molar-refractivity contribution in [1.29, 1.82) is 0 Å². The number of esters is 1. The first-order valence-corrected chi connectivity index (χ1v) is 16.0. The molecule has 2 heterocycles. The number of methoxy groups -OCH3 is 1. The Hall–Kier alpha value is -2.35. The van der Waals surface area contributed by atoms with Crippen LogP contribution < -0.4 is 10.1 Å². The van der Waals surface area contributed by atoms with Crippen LogP contribution in [0.3, 0.4) is 0 Å². The third-order valence-corrected chi connectivity index (χ3v) is 11.2. The fraction of sp³-hybridized carbons (Fsp3) is 0.308. The zero-order valence-corrected chi connectivity index (χ0v) is 25.9. The second-order valence-corrected chi connectivity index (χ2v) is 13.5. The first-order chi connectivity index (χ1) is 19.0. The topological polar surface area (TPSA) is 122 Å². The maximum Gasteiger partial charge on any atom is 0.349 e. The van der Waals surface area contributed by atoms with Crippen LogP contribution in [-0.4, -0.2) is 62.6 Å². The van der Waals surface area contributed by atoms with E-state index in [2.05, 4.69) is 26.0 Å². The largest absolute Gasteiger partial charge is 0.479 e. The van der Waals surface area contributed by atoms with Crippen molar-refractivity contribution in [3.05, 3.63) is 67.4 Å². The molecule has 4 rings (SSSR count). The van der Waals surface area contributed by atoms with Crippen molar-refractivity contribution < 1.29 is 32.6 Å². The van der Waals surface area contributed by atoms with Gasteiger partial charge in [0, 0.05) is 24.8 Å². The summed E-state index contributed by atoms with van der Waals surface area (Å²) in [6.07, 6.45) is 1.20. The van der Waals surface area contributed by atoms with Gasteiger partial charge in [-0.2, -0.15) is 0 Å². The van der Waals surface area contributed by atoms with E-state index < -0.39 is 28.6 Å². The zero-order chi connectivity index (χ0) is 29.0. The molecule has 1 fully saturated rings. The average molecular weight is 692 g/mol. The summed E-state index contributed by atoms with van der Waals surface area (Å²) < 4.78 is 38.0. The Kier molecular flexibility index (Phi) is 10.0. The minimum Gasteiger partial charge on any atom is -0.479 e. The highest BCUT2D eigenvalue weighted by Gasteiger charge is 2.29. The molecular formula is C26H25BrCl2N2O7S2. The lowest BCUT2D eigenvalue weighted by Gasteiger charge is -2.32. The molecule has 0 atom stereocenters. The standard InChI is InChI=1S/C26H25BrCl2N2O7S2/c1-37-20(32)13-38-23-21(27)24(39-25(23)26(33)34)15-4-2-6-18(12-15)30-17-8-10-31(11-9-17)40(35,36)14-16-5-3-7-19(28)22(16)29/h2-7,12,17,30H,8-11,13-14H2,1H3,(H,33,34). The lowest BCUT2D eigenvalue weighted by molar-refractivity contribution is -0.142. The van der Waals surface area contributed by atoms with Crippen LogP contribution >= 0.6 is 50.5 Å². The summed E-state index contributed by atoms with van der Waals surface area (Å²) in [5.74, 6) is -1.96. The van der Waals surface area contributed by atoms with Crippen LogP contribution in [0.4, 0.5) is 5.69 Å². The van der Waals surface area contributed by atoms with Crippen LogP contribution in [0, 0.1) is 0 Å². The summed E-state index contributed by atoms with van der Waals surface area (Å²) in [5, 5.41) is 13.7. The molecule has 9 nitrogen and oxygen atoms in total. The van der Waals surface area contributed by atoms with E-state index in [4.69, 9.17) is 27.9 Å². The van der Waals surface area contributed by atoms with Gasteiger partial charge in [-0.3, -0.25) is 0 Å². The van der Waals surface area contributed by atoms with Gasteiger partial charge < -0.3 is 19.9 Å². The number of aromatic carboxylic acids is 1. The quantitative estimate of drug-likeness (QED) is 0.243. The van der Waals surface area contributed by atoms with Gasteiger partial charge in [-0.05, 0) is 58.1 Å². The number of carboxylic acid groups (broad SMARTS) is 1. The van der Waals surface area contributed by atoms with E-state index in [0.717, 1.165) is 22.6 Å². The van der Waals surface area contributed by atoms with Crippen molar-refractivity contribution in [3.63, 3.8) is 0 Å². The van der Waals surface area contributed by atoms with Gasteiger partial charge in [0.2, 0.25) is 10.0 Å². The molecule has 14 heteroatoms. The lowest BCUT2D eigenvalue weighted by atomic mass is 10.1. The predicted octanol–water partition coefficient (Wildman–Crippen LogP) is 6.14. The molecule has 1 aliphatic heterocycles. The van der Waals surface area contributed by atoms with Crippen molar-refractivity contribution in [2.45, 2.75) is 24.6 Å². The number of hydrogen-bond donors (Lipinski definition) is 2. The molecule has 0 aliphatic carbocycles. The van der Waals surface area contributed by atoms with Crippen LogP contribution in [-0.2, 0) is 25.3 Å². The number of thiophene rings is 1. The highest BCUT2D eigenvalue weighted by molar-refractivity contribution is 9.10. The number of hydrogen-bond acceptors (Lipinski definition) is 8. The zero-order valence-electron chi connectivity index (χ0n) is 21.2. The number of carbonyl (C=O) groups excluding carboxylic acids is 1. The molecule has 40 heavy (non-hydrogen) atoms. The molecule has 0 saturated carbocycles. The minimum absolute atomic E-state index is 0.0387. The summed E-state index contributed by atoms with van der Waals surface area (Å²) in [6, 6.07) is 12.5. The molecule has 0 radical (unpaired) electrons. The molecule has 0 unspecified atom stereocenters. The normalized spacial score (nSPS) is 14.6. The van der Waals surface area contributed by atoms with Crippen molar-refractivity contribution in [2.75, 3.05) is 32.1 Å². The second kappa shape index (κ2) is 13.1. The molecular weight excluding hydrogens is 667 g/mol. The Bertz CT molecular complexity index is 1520. The number of piperidine rings is 1. The molecule has 0 spiro atoms. The number of benzene rings is 2. The van der Waals surface area contributed by atoms with E-state index in [1.165, 1.54) is 11.4 Å². The number of halogens is 3. The van der Waals surface area contributed by atoms with E-state index >= 15 is 0 Å².